The highest BCUT2D eigenvalue weighted by Crippen LogP contribution is 2.35. The number of nitrogens with zero attached hydrogens (tertiary/aromatic N) is 4. The zero-order valence-corrected chi connectivity index (χ0v) is 20.8. The average Bonchev–Trinajstić information content (AvgIpc) is 3.46. The predicted molar refractivity (Wildman–Crippen MR) is 128 cm³/mol. The number of aryl methyl sites for hydroxylation is 2. The van der Waals surface area contributed by atoms with Crippen molar-refractivity contribution in [2.75, 3.05) is 20.3 Å². The number of benzene rings is 1. The minimum atomic E-state index is -4.22. The summed E-state index contributed by atoms with van der Waals surface area (Å²) in [6.45, 7) is 0.582. The van der Waals surface area contributed by atoms with Gasteiger partial charge in [-0.05, 0) is 59.2 Å². The number of ether oxygens (including phenoxy) is 2. The summed E-state index contributed by atoms with van der Waals surface area (Å²) in [6.07, 6.45) is 4.10. The molecular weight excluding hydrogens is 482 g/mol. The summed E-state index contributed by atoms with van der Waals surface area (Å²) in [7, 11) is -1.06. The van der Waals surface area contributed by atoms with Crippen LogP contribution in [-0.4, -0.2) is 49.4 Å². The lowest BCUT2D eigenvalue weighted by atomic mass is 9.91. The van der Waals surface area contributed by atoms with Crippen LogP contribution in [-0.2, 0) is 56.2 Å². The number of carbonyl (C=O) groups is 1. The Morgan fingerprint density at radius 2 is 2.08 bits per heavy atom. The number of aromatic nitrogens is 3. The maximum absolute atomic E-state index is 13.1. The second-order valence-corrected chi connectivity index (χ2v) is 10.6. The third-order valence-electron chi connectivity index (χ3n) is 6.83. The number of fused-ring (bicyclic) bond motifs is 1. The van der Waals surface area contributed by atoms with E-state index in [1.54, 1.807) is 25.4 Å². The fourth-order valence-electron chi connectivity index (χ4n) is 4.93. The summed E-state index contributed by atoms with van der Waals surface area (Å²) in [4.78, 5) is 17.1. The van der Waals surface area contributed by atoms with Crippen LogP contribution in [0, 0.1) is 11.3 Å². The molecule has 36 heavy (non-hydrogen) atoms. The number of rotatable bonds is 7. The molecule has 5 rings (SSSR count). The summed E-state index contributed by atoms with van der Waals surface area (Å²) < 4.78 is 40.6. The average molecular weight is 508 g/mol. The van der Waals surface area contributed by atoms with Crippen LogP contribution in [0.25, 0.3) is 11.1 Å². The monoisotopic (exact) mass is 507 g/mol. The molecule has 186 valence electrons. The summed E-state index contributed by atoms with van der Waals surface area (Å²) in [5.41, 5.74) is 4.58. The van der Waals surface area contributed by atoms with Crippen molar-refractivity contribution >= 4 is 15.9 Å². The van der Waals surface area contributed by atoms with Gasteiger partial charge in [0, 0.05) is 26.4 Å². The number of sulfonamides is 1. The lowest BCUT2D eigenvalue weighted by Crippen LogP contribution is -2.49. The fourth-order valence-corrected chi connectivity index (χ4v) is 5.90. The number of nitriles is 1. The SMILES string of the molecule is COC1(c2cc(S(=O)(=O)NC(=O)Cc3c(-c4ccnc(C#N)c4)ccc4c3CCC4)nn2C)COC1. The quantitative estimate of drug-likeness (QED) is 0.511. The third-order valence-corrected chi connectivity index (χ3v) is 8.08. The number of nitrogens with one attached hydrogen (secondary N) is 1. The topological polar surface area (TPSA) is 136 Å². The molecule has 0 radical (unpaired) electrons. The maximum Gasteiger partial charge on any atom is 0.283 e. The van der Waals surface area contributed by atoms with Crippen molar-refractivity contribution in [3.63, 3.8) is 0 Å². The zero-order valence-electron chi connectivity index (χ0n) is 19.9. The second-order valence-electron chi connectivity index (χ2n) is 9.01. The van der Waals surface area contributed by atoms with Crippen LogP contribution < -0.4 is 4.72 Å². The molecule has 1 fully saturated rings. The molecule has 3 aromatic rings. The van der Waals surface area contributed by atoms with Crippen molar-refractivity contribution in [2.24, 2.45) is 7.05 Å². The summed E-state index contributed by atoms with van der Waals surface area (Å²) in [5, 5.41) is 13.1. The van der Waals surface area contributed by atoms with Crippen molar-refractivity contribution in [2.45, 2.75) is 36.3 Å². The van der Waals surface area contributed by atoms with Crippen molar-refractivity contribution in [3.8, 4) is 17.2 Å². The van der Waals surface area contributed by atoms with E-state index in [4.69, 9.17) is 9.47 Å². The number of carbonyl (C=O) groups excluding carboxylic acids is 1. The van der Waals surface area contributed by atoms with Gasteiger partial charge in [0.2, 0.25) is 5.91 Å². The minimum Gasteiger partial charge on any atom is -0.374 e. The highest BCUT2D eigenvalue weighted by atomic mass is 32.2. The van der Waals surface area contributed by atoms with Gasteiger partial charge in [0.25, 0.3) is 10.0 Å². The van der Waals surface area contributed by atoms with E-state index < -0.39 is 21.5 Å². The summed E-state index contributed by atoms with van der Waals surface area (Å²) in [5.74, 6) is -0.660. The number of methoxy groups -OCH3 is 1. The number of hydrogen-bond acceptors (Lipinski definition) is 8. The van der Waals surface area contributed by atoms with Crippen LogP contribution in [0.4, 0.5) is 0 Å². The molecule has 0 atom stereocenters. The Labute approximate surface area is 208 Å². The zero-order chi connectivity index (χ0) is 25.5. The first-order chi connectivity index (χ1) is 17.3. The van der Waals surface area contributed by atoms with E-state index in [1.807, 2.05) is 18.2 Å². The van der Waals surface area contributed by atoms with E-state index >= 15 is 0 Å². The smallest absolute Gasteiger partial charge is 0.283 e. The Morgan fingerprint density at radius 1 is 1.28 bits per heavy atom. The molecule has 3 heterocycles. The van der Waals surface area contributed by atoms with Gasteiger partial charge >= 0.3 is 0 Å². The van der Waals surface area contributed by atoms with Crippen LogP contribution in [0.2, 0.25) is 0 Å². The normalized spacial score (nSPS) is 16.1. The Balaban J connectivity index is 1.43. The van der Waals surface area contributed by atoms with Gasteiger partial charge in [0.15, 0.2) is 10.6 Å². The van der Waals surface area contributed by atoms with E-state index in [0.29, 0.717) is 18.9 Å². The summed E-state index contributed by atoms with van der Waals surface area (Å²) >= 11 is 0. The van der Waals surface area contributed by atoms with Gasteiger partial charge in [-0.25, -0.2) is 9.71 Å². The van der Waals surface area contributed by atoms with Crippen LogP contribution in [0.1, 0.15) is 34.5 Å². The lowest BCUT2D eigenvalue weighted by Gasteiger charge is -2.39. The van der Waals surface area contributed by atoms with Crippen LogP contribution >= 0.6 is 0 Å². The van der Waals surface area contributed by atoms with Gasteiger partial charge < -0.3 is 9.47 Å². The molecule has 0 spiro atoms. The van der Waals surface area contributed by atoms with E-state index in [0.717, 1.165) is 47.1 Å². The van der Waals surface area contributed by atoms with Crippen molar-refractivity contribution in [3.05, 3.63) is 64.6 Å². The van der Waals surface area contributed by atoms with Gasteiger partial charge in [0.05, 0.1) is 25.3 Å². The van der Waals surface area contributed by atoms with E-state index in [-0.39, 0.29) is 17.1 Å². The number of amides is 1. The van der Waals surface area contributed by atoms with Crippen LogP contribution in [0.3, 0.4) is 0 Å². The van der Waals surface area contributed by atoms with Gasteiger partial charge in [-0.3, -0.25) is 9.48 Å². The van der Waals surface area contributed by atoms with Crippen molar-refractivity contribution in [1.82, 2.24) is 19.5 Å². The van der Waals surface area contributed by atoms with E-state index in [9.17, 15) is 18.5 Å². The van der Waals surface area contributed by atoms with Gasteiger partial charge in [-0.1, -0.05) is 12.1 Å². The maximum atomic E-state index is 13.1. The molecule has 0 saturated carbocycles. The van der Waals surface area contributed by atoms with E-state index in [1.165, 1.54) is 17.9 Å². The van der Waals surface area contributed by atoms with Crippen LogP contribution in [0.5, 0.6) is 0 Å². The molecule has 0 unspecified atom stereocenters. The first-order valence-electron chi connectivity index (χ1n) is 11.5. The predicted octanol–water partition coefficient (Wildman–Crippen LogP) is 1.76. The third kappa shape index (κ3) is 4.17. The Hall–Kier alpha value is -3.59. The Morgan fingerprint density at radius 3 is 2.78 bits per heavy atom. The molecule has 11 heteroatoms. The molecule has 1 amide bonds. The number of pyridine rings is 1. The van der Waals surface area contributed by atoms with Crippen LogP contribution in [0.15, 0.2) is 41.6 Å². The molecule has 1 saturated heterocycles. The van der Waals surface area contributed by atoms with Gasteiger partial charge in [-0.2, -0.15) is 18.8 Å². The van der Waals surface area contributed by atoms with Gasteiger partial charge in [-0.15, -0.1) is 0 Å². The highest BCUT2D eigenvalue weighted by molar-refractivity contribution is 7.90. The summed E-state index contributed by atoms with van der Waals surface area (Å²) in [6, 6.07) is 10.8. The molecular formula is C25H25N5O5S. The lowest BCUT2D eigenvalue weighted by molar-refractivity contribution is -0.206. The minimum absolute atomic E-state index is 0.127. The van der Waals surface area contributed by atoms with Crippen molar-refractivity contribution < 1.29 is 22.7 Å². The molecule has 1 aromatic carbocycles. The fraction of sp³-hybridized carbons (Fsp3) is 0.360. The first-order valence-corrected chi connectivity index (χ1v) is 13.0. The largest absolute Gasteiger partial charge is 0.374 e. The number of hydrogen-bond donors (Lipinski definition) is 1. The molecule has 2 aromatic heterocycles. The Bertz CT molecular complexity index is 1500. The molecule has 0 bridgehead atoms. The Kier molecular flexibility index (Phi) is 6.12. The first kappa shape index (κ1) is 24.1. The standard InChI is InChI=1S/C25H25N5O5S/c1-30-22(25(34-2)14-35-15-25)12-24(28-30)36(32,33)29-23(31)11-21-19-5-3-4-16(19)6-7-20(21)17-8-9-27-18(10-17)13-26/h6-10,12H,3-5,11,14-15H2,1-2H3,(H,29,31). The molecule has 1 aliphatic heterocycles. The van der Waals surface area contributed by atoms with Crippen molar-refractivity contribution in [1.29, 1.82) is 5.26 Å². The highest BCUT2D eigenvalue weighted by Gasteiger charge is 2.44. The van der Waals surface area contributed by atoms with Gasteiger partial charge in [0.1, 0.15) is 11.8 Å². The molecule has 1 aliphatic carbocycles. The second kappa shape index (κ2) is 9.13. The van der Waals surface area contributed by atoms with E-state index in [2.05, 4.69) is 14.8 Å². The molecule has 10 nitrogen and oxygen atoms in total. The molecule has 2 aliphatic rings. The molecule has 1 N–H and O–H groups in total.